The van der Waals surface area contributed by atoms with E-state index in [0.29, 0.717) is 13.2 Å². The van der Waals surface area contributed by atoms with Crippen LogP contribution >= 0.6 is 0 Å². The van der Waals surface area contributed by atoms with Gasteiger partial charge in [0.05, 0.1) is 18.8 Å². The van der Waals surface area contributed by atoms with Crippen LogP contribution < -0.4 is 15.0 Å². The van der Waals surface area contributed by atoms with Crippen molar-refractivity contribution in [2.75, 3.05) is 11.5 Å². The van der Waals surface area contributed by atoms with E-state index in [-0.39, 0.29) is 11.8 Å². The number of carbonyl (C=O) groups is 2. The topological polar surface area (TPSA) is 58.6 Å². The van der Waals surface area contributed by atoms with Crippen molar-refractivity contribution in [1.82, 2.24) is 5.32 Å². The number of aryl methyl sites for hydroxylation is 2. The predicted octanol–water partition coefficient (Wildman–Crippen LogP) is 4.21. The maximum atomic E-state index is 13.2. The number of rotatable bonds is 7. The summed E-state index contributed by atoms with van der Waals surface area (Å²) in [7, 11) is 0. The molecule has 0 bridgehead atoms. The number of amides is 2. The van der Waals surface area contributed by atoms with E-state index >= 15 is 0 Å². The SMILES string of the molecule is CCCCOc1ccccc1CN1C(=O)[C@H](NC(C)=O)c2c(C)ccc(C)c21. The van der Waals surface area contributed by atoms with Crippen LogP contribution in [-0.4, -0.2) is 18.4 Å². The zero-order chi connectivity index (χ0) is 20.3. The Balaban J connectivity index is 1.97. The third-order valence-electron chi connectivity index (χ3n) is 5.11. The molecule has 0 saturated heterocycles. The van der Waals surface area contributed by atoms with Crippen LogP contribution in [0.15, 0.2) is 36.4 Å². The van der Waals surface area contributed by atoms with Crippen molar-refractivity contribution in [3.63, 3.8) is 0 Å². The third-order valence-corrected chi connectivity index (χ3v) is 5.11. The van der Waals surface area contributed by atoms with Gasteiger partial charge in [-0.1, -0.05) is 43.7 Å². The molecule has 0 saturated carbocycles. The summed E-state index contributed by atoms with van der Waals surface area (Å²) in [6, 6.07) is 11.2. The fraction of sp³-hybridized carbons (Fsp3) is 0.391. The van der Waals surface area contributed by atoms with Gasteiger partial charge < -0.3 is 15.0 Å². The summed E-state index contributed by atoms with van der Waals surface area (Å²) in [6.07, 6.45) is 2.06. The molecule has 5 heteroatoms. The molecule has 0 aromatic heterocycles. The lowest BCUT2D eigenvalue weighted by molar-refractivity contribution is -0.126. The highest BCUT2D eigenvalue weighted by atomic mass is 16.5. The molecule has 1 heterocycles. The largest absolute Gasteiger partial charge is 0.493 e. The second kappa shape index (κ2) is 8.46. The summed E-state index contributed by atoms with van der Waals surface area (Å²) in [4.78, 5) is 26.7. The third kappa shape index (κ3) is 3.88. The number of fused-ring (bicyclic) bond motifs is 1. The number of hydrogen-bond acceptors (Lipinski definition) is 3. The molecule has 0 spiro atoms. The Kier molecular flexibility index (Phi) is 6.02. The number of ether oxygens (including phenoxy) is 1. The first kappa shape index (κ1) is 19.9. The van der Waals surface area contributed by atoms with E-state index in [1.54, 1.807) is 4.90 Å². The van der Waals surface area contributed by atoms with Gasteiger partial charge in [-0.05, 0) is 37.5 Å². The second-order valence-electron chi connectivity index (χ2n) is 7.33. The molecular weight excluding hydrogens is 352 g/mol. The highest BCUT2D eigenvalue weighted by Crippen LogP contribution is 2.42. The number of nitrogens with zero attached hydrogens (tertiary/aromatic N) is 1. The van der Waals surface area contributed by atoms with Gasteiger partial charge in [-0.2, -0.15) is 0 Å². The normalized spacial score (nSPS) is 15.5. The highest BCUT2D eigenvalue weighted by Gasteiger charge is 2.40. The Bertz CT molecular complexity index is 891. The molecular formula is C23H28N2O3. The van der Waals surface area contributed by atoms with E-state index in [1.807, 2.05) is 50.2 Å². The first-order valence-electron chi connectivity index (χ1n) is 9.83. The van der Waals surface area contributed by atoms with Gasteiger partial charge in [0.25, 0.3) is 5.91 Å². The summed E-state index contributed by atoms with van der Waals surface area (Å²) in [5.74, 6) is 0.486. The van der Waals surface area contributed by atoms with Gasteiger partial charge in [0.15, 0.2) is 0 Å². The van der Waals surface area contributed by atoms with Crippen LogP contribution in [0.2, 0.25) is 0 Å². The zero-order valence-electron chi connectivity index (χ0n) is 17.0. The number of benzene rings is 2. The van der Waals surface area contributed by atoms with Crippen molar-refractivity contribution in [3.8, 4) is 5.75 Å². The lowest BCUT2D eigenvalue weighted by Gasteiger charge is -2.21. The number of unbranched alkanes of at least 4 members (excludes halogenated alkanes) is 1. The minimum atomic E-state index is -0.638. The van der Waals surface area contributed by atoms with Gasteiger partial charge in [0.2, 0.25) is 5.91 Å². The fourth-order valence-electron chi connectivity index (χ4n) is 3.70. The first-order chi connectivity index (χ1) is 13.4. The van der Waals surface area contributed by atoms with E-state index in [4.69, 9.17) is 4.74 Å². The van der Waals surface area contributed by atoms with E-state index < -0.39 is 6.04 Å². The summed E-state index contributed by atoms with van der Waals surface area (Å²) in [5, 5.41) is 2.83. The Morgan fingerprint density at radius 1 is 1.14 bits per heavy atom. The molecule has 2 aromatic carbocycles. The van der Waals surface area contributed by atoms with Gasteiger partial charge in [0.1, 0.15) is 11.8 Å². The van der Waals surface area contributed by atoms with Gasteiger partial charge in [0, 0.05) is 18.1 Å². The lowest BCUT2D eigenvalue weighted by atomic mass is 9.99. The molecule has 5 nitrogen and oxygen atoms in total. The Morgan fingerprint density at radius 3 is 2.57 bits per heavy atom. The Morgan fingerprint density at radius 2 is 1.86 bits per heavy atom. The van der Waals surface area contributed by atoms with Crippen LogP contribution in [0.25, 0.3) is 0 Å². The van der Waals surface area contributed by atoms with Crippen molar-refractivity contribution < 1.29 is 14.3 Å². The van der Waals surface area contributed by atoms with Gasteiger partial charge in [-0.25, -0.2) is 0 Å². The van der Waals surface area contributed by atoms with Crippen LogP contribution in [-0.2, 0) is 16.1 Å². The molecule has 148 valence electrons. The van der Waals surface area contributed by atoms with Gasteiger partial charge >= 0.3 is 0 Å². The van der Waals surface area contributed by atoms with Gasteiger partial charge in [-0.3, -0.25) is 9.59 Å². The number of anilines is 1. The lowest BCUT2D eigenvalue weighted by Crippen LogP contribution is -2.36. The summed E-state index contributed by atoms with van der Waals surface area (Å²) in [6.45, 7) is 8.61. The van der Waals surface area contributed by atoms with Crippen LogP contribution in [0.3, 0.4) is 0 Å². The fourth-order valence-corrected chi connectivity index (χ4v) is 3.70. The van der Waals surface area contributed by atoms with Crippen molar-refractivity contribution in [1.29, 1.82) is 0 Å². The second-order valence-corrected chi connectivity index (χ2v) is 7.33. The molecule has 1 N–H and O–H groups in total. The number of carbonyl (C=O) groups excluding carboxylic acids is 2. The number of nitrogens with one attached hydrogen (secondary N) is 1. The molecule has 0 radical (unpaired) electrons. The predicted molar refractivity (Wildman–Crippen MR) is 111 cm³/mol. The molecule has 1 aliphatic rings. The van der Waals surface area contributed by atoms with Crippen LogP contribution in [0.1, 0.15) is 55.0 Å². The number of hydrogen-bond donors (Lipinski definition) is 1. The number of para-hydroxylation sites is 1. The zero-order valence-corrected chi connectivity index (χ0v) is 17.0. The molecule has 0 fully saturated rings. The maximum absolute atomic E-state index is 13.2. The molecule has 2 aromatic rings. The van der Waals surface area contributed by atoms with Crippen molar-refractivity contribution in [3.05, 3.63) is 58.7 Å². The van der Waals surface area contributed by atoms with E-state index in [1.165, 1.54) is 6.92 Å². The monoisotopic (exact) mass is 380 g/mol. The Labute approximate surface area is 166 Å². The smallest absolute Gasteiger partial charge is 0.254 e. The molecule has 28 heavy (non-hydrogen) atoms. The Hall–Kier alpha value is -2.82. The summed E-state index contributed by atoms with van der Waals surface area (Å²) >= 11 is 0. The summed E-state index contributed by atoms with van der Waals surface area (Å²) < 4.78 is 5.95. The molecule has 1 atom stereocenters. The first-order valence-corrected chi connectivity index (χ1v) is 9.83. The average molecular weight is 380 g/mol. The van der Waals surface area contributed by atoms with E-state index in [9.17, 15) is 9.59 Å². The molecule has 2 amide bonds. The average Bonchev–Trinajstić information content (AvgIpc) is 2.93. The van der Waals surface area contributed by atoms with Crippen molar-refractivity contribution in [2.24, 2.45) is 0 Å². The van der Waals surface area contributed by atoms with E-state index in [0.717, 1.165) is 46.5 Å². The van der Waals surface area contributed by atoms with Crippen molar-refractivity contribution >= 4 is 17.5 Å². The van der Waals surface area contributed by atoms with E-state index in [2.05, 4.69) is 12.2 Å². The molecule has 1 aliphatic heterocycles. The molecule has 3 rings (SSSR count). The van der Waals surface area contributed by atoms with Crippen LogP contribution in [0.5, 0.6) is 5.75 Å². The molecule has 0 aliphatic carbocycles. The maximum Gasteiger partial charge on any atom is 0.254 e. The summed E-state index contributed by atoms with van der Waals surface area (Å²) in [5.41, 5.74) is 4.77. The minimum Gasteiger partial charge on any atom is -0.493 e. The standard InChI is InChI=1S/C23H28N2O3/c1-5-6-13-28-19-10-8-7-9-18(19)14-25-22-16(3)12-11-15(2)20(22)21(23(25)27)24-17(4)26/h7-12,21H,5-6,13-14H2,1-4H3,(H,24,26)/t21-/m1/s1. The van der Waals surface area contributed by atoms with Crippen LogP contribution in [0, 0.1) is 13.8 Å². The van der Waals surface area contributed by atoms with Crippen molar-refractivity contribution in [2.45, 2.75) is 53.1 Å². The highest BCUT2D eigenvalue weighted by molar-refractivity contribution is 6.07. The quantitative estimate of drug-likeness (QED) is 0.732. The minimum absolute atomic E-state index is 0.106. The molecule has 0 unspecified atom stereocenters. The van der Waals surface area contributed by atoms with Crippen LogP contribution in [0.4, 0.5) is 5.69 Å². The van der Waals surface area contributed by atoms with Gasteiger partial charge in [-0.15, -0.1) is 0 Å².